The fraction of sp³-hybridized carbons (Fsp3) is 0.324. The van der Waals surface area contributed by atoms with E-state index in [9.17, 15) is 0 Å². The molecule has 0 aliphatic heterocycles. The highest BCUT2D eigenvalue weighted by Gasteiger charge is 2.11. The number of rotatable bonds is 6. The van der Waals surface area contributed by atoms with Gasteiger partial charge in [0.05, 0.1) is 0 Å². The summed E-state index contributed by atoms with van der Waals surface area (Å²) >= 11 is 0. The van der Waals surface area contributed by atoms with Crippen molar-refractivity contribution in [2.45, 2.75) is 79.1 Å². The predicted molar refractivity (Wildman–Crippen MR) is 185 cm³/mol. The maximum Gasteiger partial charge on any atom is 0.106 e. The second-order valence-corrected chi connectivity index (χ2v) is 12.0. The summed E-state index contributed by atoms with van der Waals surface area (Å²) < 4.78 is 0. The Bertz CT molecular complexity index is 1250. The number of hydrogen-bond donors (Lipinski definition) is 4. The Morgan fingerprint density at radius 2 is 0.548 bits per heavy atom. The van der Waals surface area contributed by atoms with Crippen LogP contribution in [0.25, 0.3) is 22.3 Å². The Morgan fingerprint density at radius 3 is 0.690 bits per heavy atom. The molecule has 5 nitrogen and oxygen atoms in total. The minimum Gasteiger partial charge on any atom is -0.398 e. The highest BCUT2D eigenvalue weighted by Crippen LogP contribution is 2.33. The van der Waals surface area contributed by atoms with E-state index in [1.54, 1.807) is 0 Å². The molecule has 224 valence electrons. The van der Waals surface area contributed by atoms with E-state index in [1.165, 1.54) is 44.5 Å². The van der Waals surface area contributed by atoms with Gasteiger partial charge >= 0.3 is 0 Å². The van der Waals surface area contributed by atoms with Crippen molar-refractivity contribution in [3.05, 3.63) is 95.1 Å². The molecule has 0 heterocycles. The molecule has 4 aromatic rings. The van der Waals surface area contributed by atoms with Gasteiger partial charge < -0.3 is 27.7 Å². The number of nitrogen functional groups attached to an aromatic ring is 4. The van der Waals surface area contributed by atoms with E-state index in [0.29, 0.717) is 23.7 Å². The minimum absolute atomic E-state index is 0.424. The molecule has 8 N–H and O–H groups in total. The second kappa shape index (κ2) is 15.1. The lowest BCUT2D eigenvalue weighted by molar-refractivity contribution is -0.0980. The second-order valence-electron chi connectivity index (χ2n) is 12.0. The summed E-state index contributed by atoms with van der Waals surface area (Å²) in [5.74, 6) is 1.70. The molecular formula is C37H50N4O. The molecule has 0 radical (unpaired) electrons. The van der Waals surface area contributed by atoms with Crippen LogP contribution in [-0.4, -0.2) is 6.79 Å². The third-order valence-electron chi connectivity index (χ3n) is 7.50. The molecule has 42 heavy (non-hydrogen) atoms. The van der Waals surface area contributed by atoms with Crippen molar-refractivity contribution in [1.29, 1.82) is 0 Å². The van der Waals surface area contributed by atoms with Gasteiger partial charge in [0.2, 0.25) is 0 Å². The summed E-state index contributed by atoms with van der Waals surface area (Å²) in [7, 11) is 0. The van der Waals surface area contributed by atoms with Crippen molar-refractivity contribution in [2.24, 2.45) is 0 Å². The predicted octanol–water partition coefficient (Wildman–Crippen LogP) is 9.34. The summed E-state index contributed by atoms with van der Waals surface area (Å²) in [6.45, 7) is 19.3. The van der Waals surface area contributed by atoms with E-state index in [1.807, 2.05) is 31.1 Å². The van der Waals surface area contributed by atoms with Gasteiger partial charge in [0.25, 0.3) is 0 Å². The normalized spacial score (nSPS) is 10.9. The number of benzene rings is 4. The molecule has 0 saturated carbocycles. The summed E-state index contributed by atoms with van der Waals surface area (Å²) in [5, 5.41) is 0. The molecule has 0 amide bonds. The topological polar surface area (TPSA) is 121 Å². The number of carbonyl (C=O) groups excluding carboxylic acids is 1. The summed E-state index contributed by atoms with van der Waals surface area (Å²) in [4.78, 5) is 8.00. The standard InChI is InChI=1S/2C18H24N2.CH2O/c2*1-11(2)15-9-13(5-7-17(15)19)14-6-8-18(20)16(10-14)12(3)4;1-2/h2*5-12H,19-20H2,1-4H3;1H2. The van der Waals surface area contributed by atoms with Crippen LogP contribution in [0, 0.1) is 0 Å². The minimum atomic E-state index is 0.424. The third kappa shape index (κ3) is 8.39. The Labute approximate surface area is 253 Å². The van der Waals surface area contributed by atoms with Crippen molar-refractivity contribution in [3.8, 4) is 22.3 Å². The number of nitrogens with two attached hydrogens (primary N) is 4. The van der Waals surface area contributed by atoms with Crippen LogP contribution >= 0.6 is 0 Å². The lowest BCUT2D eigenvalue weighted by Gasteiger charge is -2.14. The van der Waals surface area contributed by atoms with E-state index in [-0.39, 0.29) is 0 Å². The zero-order valence-corrected chi connectivity index (χ0v) is 26.7. The third-order valence-corrected chi connectivity index (χ3v) is 7.50. The van der Waals surface area contributed by atoms with Crippen molar-refractivity contribution in [2.75, 3.05) is 22.9 Å². The molecule has 4 rings (SSSR count). The van der Waals surface area contributed by atoms with Crippen molar-refractivity contribution in [3.63, 3.8) is 0 Å². The van der Waals surface area contributed by atoms with Gasteiger partial charge in [0, 0.05) is 22.7 Å². The lowest BCUT2D eigenvalue weighted by atomic mass is 9.92. The zero-order valence-electron chi connectivity index (χ0n) is 26.7. The molecule has 0 unspecified atom stereocenters. The summed E-state index contributed by atoms with van der Waals surface area (Å²) in [6, 6.07) is 25.1. The molecule has 5 heteroatoms. The first kappa shape index (κ1) is 34.0. The molecule has 0 fully saturated rings. The van der Waals surface area contributed by atoms with Crippen LogP contribution in [0.2, 0.25) is 0 Å². The van der Waals surface area contributed by atoms with Gasteiger partial charge in [-0.3, -0.25) is 0 Å². The Kier molecular flexibility index (Phi) is 12.2. The van der Waals surface area contributed by atoms with Crippen LogP contribution in [-0.2, 0) is 4.79 Å². The molecule has 0 saturated heterocycles. The van der Waals surface area contributed by atoms with E-state index in [2.05, 4.69) is 104 Å². The Morgan fingerprint density at radius 1 is 0.381 bits per heavy atom. The van der Waals surface area contributed by atoms with E-state index >= 15 is 0 Å². The highest BCUT2D eigenvalue weighted by atomic mass is 16.1. The Hall–Kier alpha value is -4.25. The number of carbonyl (C=O) groups is 1. The van der Waals surface area contributed by atoms with Gasteiger partial charge in [-0.1, -0.05) is 79.7 Å². The van der Waals surface area contributed by atoms with Crippen LogP contribution in [0.15, 0.2) is 72.8 Å². The number of anilines is 4. The maximum atomic E-state index is 8.00. The van der Waals surface area contributed by atoms with Crippen LogP contribution in [0.5, 0.6) is 0 Å². The van der Waals surface area contributed by atoms with Crippen LogP contribution in [0.4, 0.5) is 22.7 Å². The molecule has 0 aliphatic rings. The largest absolute Gasteiger partial charge is 0.398 e. The number of hydrogen-bond acceptors (Lipinski definition) is 5. The van der Waals surface area contributed by atoms with E-state index in [4.69, 9.17) is 27.7 Å². The lowest BCUT2D eigenvalue weighted by Crippen LogP contribution is -1.98. The zero-order chi connectivity index (χ0) is 31.7. The average molecular weight is 567 g/mol. The van der Waals surface area contributed by atoms with Crippen LogP contribution in [0.3, 0.4) is 0 Å². The van der Waals surface area contributed by atoms with Gasteiger partial charge in [-0.15, -0.1) is 0 Å². The van der Waals surface area contributed by atoms with Gasteiger partial charge in [-0.2, -0.15) is 0 Å². The molecule has 4 aromatic carbocycles. The first-order valence-electron chi connectivity index (χ1n) is 14.7. The quantitative estimate of drug-likeness (QED) is 0.173. The summed E-state index contributed by atoms with van der Waals surface area (Å²) in [6.07, 6.45) is 0. The Balaban J connectivity index is 0.000000277. The van der Waals surface area contributed by atoms with Crippen LogP contribution in [0.1, 0.15) is 101 Å². The smallest absolute Gasteiger partial charge is 0.106 e. The fourth-order valence-electron chi connectivity index (χ4n) is 5.02. The van der Waals surface area contributed by atoms with E-state index in [0.717, 1.165) is 22.7 Å². The first-order chi connectivity index (χ1) is 19.8. The highest BCUT2D eigenvalue weighted by molar-refractivity contribution is 5.72. The molecule has 0 spiro atoms. The molecule has 0 bridgehead atoms. The van der Waals surface area contributed by atoms with Crippen molar-refractivity contribution in [1.82, 2.24) is 0 Å². The van der Waals surface area contributed by atoms with Gasteiger partial charge in [0.15, 0.2) is 0 Å². The summed E-state index contributed by atoms with van der Waals surface area (Å²) in [5.41, 5.74) is 37.3. The fourth-order valence-corrected chi connectivity index (χ4v) is 5.02. The van der Waals surface area contributed by atoms with E-state index < -0.39 is 0 Å². The van der Waals surface area contributed by atoms with Gasteiger partial charge in [-0.05, 0) is 117 Å². The monoisotopic (exact) mass is 566 g/mol. The molecule has 0 aliphatic carbocycles. The molecular weight excluding hydrogens is 516 g/mol. The van der Waals surface area contributed by atoms with Crippen LogP contribution < -0.4 is 22.9 Å². The molecule has 0 aromatic heterocycles. The molecule has 0 atom stereocenters. The average Bonchev–Trinajstić information content (AvgIpc) is 2.95. The van der Waals surface area contributed by atoms with Gasteiger partial charge in [-0.25, -0.2) is 0 Å². The maximum absolute atomic E-state index is 8.00. The van der Waals surface area contributed by atoms with Gasteiger partial charge in [0.1, 0.15) is 6.79 Å². The van der Waals surface area contributed by atoms with Crippen molar-refractivity contribution >= 4 is 29.5 Å². The SMILES string of the molecule is C=O.CC(C)c1cc(-c2ccc(N)c(C(C)C)c2)ccc1N.CC(C)c1cc(-c2ccc(N)c(C(C)C)c2)ccc1N. The van der Waals surface area contributed by atoms with Crippen molar-refractivity contribution < 1.29 is 4.79 Å². The first-order valence-corrected chi connectivity index (χ1v) is 14.7.